The normalized spacial score (nSPS) is 14.2. The van der Waals surface area contributed by atoms with Crippen LogP contribution in [0.2, 0.25) is 0 Å². The quantitative estimate of drug-likeness (QED) is 0.0310. The summed E-state index contributed by atoms with van der Waals surface area (Å²) >= 11 is 0. The van der Waals surface area contributed by atoms with Gasteiger partial charge in [0.25, 0.3) is 0 Å². The van der Waals surface area contributed by atoms with Crippen LogP contribution in [0.15, 0.2) is 36.5 Å². The van der Waals surface area contributed by atoms with Crippen LogP contribution in [0.1, 0.15) is 258 Å². The molecule has 0 bridgehead atoms. The van der Waals surface area contributed by atoms with Crippen molar-refractivity contribution in [3.63, 3.8) is 0 Å². The SMILES string of the molecule is CCCCCCCCCCCCC/C=C/CC/C=C/CC/C=C/CCCC(O)C(O)C(CO)NC(=O)C(O)CCCCCCCCCCCCCCCCCCCC. The van der Waals surface area contributed by atoms with Crippen LogP contribution >= 0.6 is 0 Å². The highest BCUT2D eigenvalue weighted by molar-refractivity contribution is 5.80. The number of unbranched alkanes of at least 4 members (excludes halogenated alkanes) is 31. The molecule has 0 aliphatic rings. The van der Waals surface area contributed by atoms with E-state index in [1.165, 1.54) is 173 Å². The highest BCUT2D eigenvalue weighted by atomic mass is 16.3. The van der Waals surface area contributed by atoms with Crippen LogP contribution in [0.3, 0.4) is 0 Å². The Bertz CT molecular complexity index is 919. The molecule has 0 radical (unpaired) electrons. The molecule has 0 aromatic rings. The minimum Gasteiger partial charge on any atom is -0.394 e. The summed E-state index contributed by atoms with van der Waals surface area (Å²) < 4.78 is 0. The molecular formula is C52H99NO5. The Morgan fingerprint density at radius 1 is 0.414 bits per heavy atom. The van der Waals surface area contributed by atoms with Crippen LogP contribution in [-0.2, 0) is 4.79 Å². The maximum atomic E-state index is 12.5. The number of aliphatic hydroxyl groups is 4. The van der Waals surface area contributed by atoms with Crippen molar-refractivity contribution >= 4 is 5.91 Å². The summed E-state index contributed by atoms with van der Waals surface area (Å²) in [7, 11) is 0. The number of allylic oxidation sites excluding steroid dienone is 6. The molecule has 0 aromatic heterocycles. The molecule has 0 aromatic carbocycles. The average molecular weight is 818 g/mol. The zero-order chi connectivity index (χ0) is 42.4. The van der Waals surface area contributed by atoms with Crippen LogP contribution in [0.4, 0.5) is 0 Å². The number of amides is 1. The first kappa shape index (κ1) is 56.5. The van der Waals surface area contributed by atoms with Gasteiger partial charge >= 0.3 is 0 Å². The molecular weight excluding hydrogens is 719 g/mol. The van der Waals surface area contributed by atoms with Crippen molar-refractivity contribution in [2.24, 2.45) is 0 Å². The maximum absolute atomic E-state index is 12.5. The number of rotatable bonds is 46. The van der Waals surface area contributed by atoms with E-state index in [0.717, 1.165) is 51.4 Å². The summed E-state index contributed by atoms with van der Waals surface area (Å²) in [5.74, 6) is -0.597. The van der Waals surface area contributed by atoms with E-state index in [9.17, 15) is 25.2 Å². The largest absolute Gasteiger partial charge is 0.394 e. The zero-order valence-electron chi connectivity index (χ0n) is 38.5. The third-order valence-electron chi connectivity index (χ3n) is 11.8. The van der Waals surface area contributed by atoms with Crippen molar-refractivity contribution in [3.05, 3.63) is 36.5 Å². The number of hydrogen-bond donors (Lipinski definition) is 5. The third kappa shape index (κ3) is 40.0. The van der Waals surface area contributed by atoms with E-state index in [2.05, 4.69) is 55.6 Å². The molecule has 0 spiro atoms. The van der Waals surface area contributed by atoms with Crippen molar-refractivity contribution in [2.75, 3.05) is 6.61 Å². The molecule has 4 atom stereocenters. The Hall–Kier alpha value is -1.47. The molecule has 342 valence electrons. The monoisotopic (exact) mass is 818 g/mol. The summed E-state index contributed by atoms with van der Waals surface area (Å²) in [5, 5.41) is 43.8. The fourth-order valence-electron chi connectivity index (χ4n) is 7.79. The van der Waals surface area contributed by atoms with Gasteiger partial charge in [-0.3, -0.25) is 4.79 Å². The van der Waals surface area contributed by atoms with E-state index in [1.54, 1.807) is 0 Å². The predicted molar refractivity (Wildman–Crippen MR) is 251 cm³/mol. The van der Waals surface area contributed by atoms with E-state index in [0.29, 0.717) is 19.3 Å². The molecule has 58 heavy (non-hydrogen) atoms. The highest BCUT2D eigenvalue weighted by Gasteiger charge is 2.28. The first-order valence-corrected chi connectivity index (χ1v) is 25.4. The van der Waals surface area contributed by atoms with Gasteiger partial charge in [-0.2, -0.15) is 0 Å². The Balaban J connectivity index is 3.75. The Kier molecular flexibility index (Phi) is 45.4. The predicted octanol–water partition coefficient (Wildman–Crippen LogP) is 14.1. The van der Waals surface area contributed by atoms with Crippen molar-refractivity contribution in [2.45, 2.75) is 282 Å². The van der Waals surface area contributed by atoms with Gasteiger partial charge in [0, 0.05) is 0 Å². The molecule has 0 rings (SSSR count). The van der Waals surface area contributed by atoms with Gasteiger partial charge in [0.1, 0.15) is 12.2 Å². The molecule has 0 saturated carbocycles. The molecule has 0 heterocycles. The van der Waals surface area contributed by atoms with E-state index in [1.807, 2.05) is 0 Å². The second kappa shape index (κ2) is 46.6. The highest BCUT2D eigenvalue weighted by Crippen LogP contribution is 2.16. The second-order valence-corrected chi connectivity index (χ2v) is 17.5. The standard InChI is InChI=1S/C52H99NO5/c1-3-5-7-9-11-13-15-17-19-21-23-24-25-26-27-28-30-31-33-35-37-39-41-43-45-49(55)51(57)48(47-54)53-52(58)50(56)46-44-42-40-38-36-34-32-29-22-20-18-16-14-12-10-8-6-4-2/h25-26,30-31,37,39,48-51,54-57H,3-24,27-29,32-36,38,40-47H2,1-2H3,(H,53,58)/b26-25+,31-30+,39-37+. The van der Waals surface area contributed by atoms with E-state index in [-0.39, 0.29) is 0 Å². The van der Waals surface area contributed by atoms with Crippen LogP contribution in [0.5, 0.6) is 0 Å². The fraction of sp³-hybridized carbons (Fsp3) is 0.865. The summed E-state index contributed by atoms with van der Waals surface area (Å²) in [5.41, 5.74) is 0. The zero-order valence-corrected chi connectivity index (χ0v) is 38.5. The van der Waals surface area contributed by atoms with Gasteiger partial charge in [-0.15, -0.1) is 0 Å². The van der Waals surface area contributed by atoms with E-state index < -0.39 is 36.9 Å². The number of carbonyl (C=O) groups excluding carboxylic acids is 1. The van der Waals surface area contributed by atoms with Gasteiger partial charge in [-0.1, -0.05) is 230 Å². The smallest absolute Gasteiger partial charge is 0.249 e. The molecule has 0 aliphatic carbocycles. The summed E-state index contributed by atoms with van der Waals surface area (Å²) in [6.45, 7) is 4.05. The van der Waals surface area contributed by atoms with Crippen LogP contribution in [-0.4, -0.2) is 57.3 Å². The number of carbonyl (C=O) groups is 1. The minimum atomic E-state index is -1.29. The first-order valence-electron chi connectivity index (χ1n) is 25.4. The Labute approximate surface area is 360 Å². The molecule has 4 unspecified atom stereocenters. The lowest BCUT2D eigenvalue weighted by molar-refractivity contribution is -0.132. The van der Waals surface area contributed by atoms with E-state index in [4.69, 9.17) is 0 Å². The van der Waals surface area contributed by atoms with Gasteiger partial charge in [-0.05, 0) is 64.2 Å². The lowest BCUT2D eigenvalue weighted by Crippen LogP contribution is -2.53. The van der Waals surface area contributed by atoms with Gasteiger partial charge in [0.15, 0.2) is 0 Å². The fourth-order valence-corrected chi connectivity index (χ4v) is 7.79. The summed E-state index contributed by atoms with van der Waals surface area (Å²) in [6.07, 6.45) is 56.2. The molecule has 5 N–H and O–H groups in total. The molecule has 0 aliphatic heterocycles. The van der Waals surface area contributed by atoms with Gasteiger partial charge in [-0.25, -0.2) is 0 Å². The van der Waals surface area contributed by atoms with Crippen molar-refractivity contribution in [3.8, 4) is 0 Å². The summed E-state index contributed by atoms with van der Waals surface area (Å²) in [6, 6.07) is -1.01. The average Bonchev–Trinajstić information content (AvgIpc) is 3.23. The number of aliphatic hydroxyl groups excluding tert-OH is 4. The first-order chi connectivity index (χ1) is 28.5. The van der Waals surface area contributed by atoms with Crippen LogP contribution < -0.4 is 5.32 Å². The molecule has 6 heteroatoms. The van der Waals surface area contributed by atoms with Crippen LogP contribution in [0.25, 0.3) is 0 Å². The van der Waals surface area contributed by atoms with Gasteiger partial charge in [0.2, 0.25) is 5.91 Å². The molecule has 6 nitrogen and oxygen atoms in total. The summed E-state index contributed by atoms with van der Waals surface area (Å²) in [4.78, 5) is 12.5. The van der Waals surface area contributed by atoms with Gasteiger partial charge in [0.05, 0.1) is 18.8 Å². The number of hydrogen-bond acceptors (Lipinski definition) is 5. The minimum absolute atomic E-state index is 0.361. The lowest BCUT2D eigenvalue weighted by Gasteiger charge is -2.27. The third-order valence-corrected chi connectivity index (χ3v) is 11.8. The lowest BCUT2D eigenvalue weighted by atomic mass is 10.00. The topological polar surface area (TPSA) is 110 Å². The number of nitrogens with one attached hydrogen (secondary N) is 1. The maximum Gasteiger partial charge on any atom is 0.249 e. The van der Waals surface area contributed by atoms with Crippen molar-refractivity contribution in [1.29, 1.82) is 0 Å². The molecule has 1 amide bonds. The Morgan fingerprint density at radius 3 is 1.09 bits per heavy atom. The van der Waals surface area contributed by atoms with Crippen molar-refractivity contribution in [1.82, 2.24) is 5.32 Å². The molecule has 0 fully saturated rings. The van der Waals surface area contributed by atoms with Crippen LogP contribution in [0, 0.1) is 0 Å². The molecule has 0 saturated heterocycles. The van der Waals surface area contributed by atoms with Crippen molar-refractivity contribution < 1.29 is 25.2 Å². The Morgan fingerprint density at radius 2 is 0.724 bits per heavy atom. The van der Waals surface area contributed by atoms with Gasteiger partial charge < -0.3 is 25.7 Å². The van der Waals surface area contributed by atoms with E-state index >= 15 is 0 Å². The second-order valence-electron chi connectivity index (χ2n) is 17.5.